The molecule has 0 aromatic rings. The molecule has 0 bridgehead atoms. The van der Waals surface area contributed by atoms with Crippen molar-refractivity contribution in [3.05, 3.63) is 12.2 Å². The first-order valence-corrected chi connectivity index (χ1v) is 15.9. The van der Waals surface area contributed by atoms with E-state index in [9.17, 15) is 4.79 Å². The molecule has 2 N–H and O–H groups in total. The molecule has 0 aromatic carbocycles. The molecule has 0 amide bonds. The van der Waals surface area contributed by atoms with Crippen molar-refractivity contribution in [1.29, 1.82) is 0 Å². The topological polar surface area (TPSA) is 49.3 Å². The summed E-state index contributed by atoms with van der Waals surface area (Å²) in [6.07, 6.45) is 17.2. The predicted molar refractivity (Wildman–Crippen MR) is 153 cm³/mol. The number of nitrogens with one attached hydrogen (secondary N) is 1. The third kappa shape index (κ3) is 4.10. The highest BCUT2D eigenvalue weighted by Gasteiger charge is 2.70. The molecule has 5 rings (SSSR count). The average molecular weight is 512 g/mol. The summed E-state index contributed by atoms with van der Waals surface area (Å²) in [6.45, 7) is 21.2. The van der Waals surface area contributed by atoms with E-state index in [1.165, 1.54) is 76.2 Å². The molecule has 0 saturated heterocycles. The van der Waals surface area contributed by atoms with Crippen LogP contribution in [0.15, 0.2) is 12.2 Å². The number of fused-ring (bicyclic) bond motifs is 7. The zero-order valence-corrected chi connectivity index (χ0v) is 25.1. The predicted octanol–water partition coefficient (Wildman–Crippen LogP) is 8.63. The van der Waals surface area contributed by atoms with E-state index in [4.69, 9.17) is 5.11 Å². The van der Waals surface area contributed by atoms with Crippen LogP contribution in [-0.2, 0) is 4.79 Å². The fourth-order valence-electron chi connectivity index (χ4n) is 12.3. The summed E-state index contributed by atoms with van der Waals surface area (Å²) in [5.41, 5.74) is 3.47. The summed E-state index contributed by atoms with van der Waals surface area (Å²) >= 11 is 0. The third-order valence-electron chi connectivity index (χ3n) is 14.1. The Bertz CT molecular complexity index is 909. The molecule has 4 unspecified atom stereocenters. The maximum atomic E-state index is 11.0. The summed E-state index contributed by atoms with van der Waals surface area (Å²) in [7, 11) is 0. The van der Waals surface area contributed by atoms with Crippen LogP contribution in [0.25, 0.3) is 0 Å². The first kappa shape index (κ1) is 27.7. The van der Waals surface area contributed by atoms with E-state index in [-0.39, 0.29) is 5.54 Å². The highest BCUT2D eigenvalue weighted by Crippen LogP contribution is 2.76. The van der Waals surface area contributed by atoms with Gasteiger partial charge in [-0.05, 0) is 142 Å². The summed E-state index contributed by atoms with van der Waals surface area (Å²) in [5, 5.41) is 13.2. The van der Waals surface area contributed by atoms with Gasteiger partial charge in [-0.1, -0.05) is 53.2 Å². The summed E-state index contributed by atoms with van der Waals surface area (Å²) in [5.74, 6) is 3.18. The van der Waals surface area contributed by atoms with Crippen molar-refractivity contribution >= 4 is 5.97 Å². The molecule has 0 aliphatic heterocycles. The smallest absolute Gasteiger partial charge is 0.303 e. The molecular formula is C34H57NO2. The zero-order chi connectivity index (χ0) is 26.9. The number of hydrogen-bond donors (Lipinski definition) is 2. The number of aliphatic carboxylic acids is 1. The van der Waals surface area contributed by atoms with Crippen LogP contribution in [-0.4, -0.2) is 23.2 Å². The minimum absolute atomic E-state index is 0.230. The van der Waals surface area contributed by atoms with E-state index in [0.717, 1.165) is 37.1 Å². The molecule has 5 saturated carbocycles. The lowest BCUT2D eigenvalue weighted by atomic mass is 9.33. The second-order valence-corrected chi connectivity index (χ2v) is 16.0. The van der Waals surface area contributed by atoms with Gasteiger partial charge < -0.3 is 10.4 Å². The van der Waals surface area contributed by atoms with Gasteiger partial charge in [0.05, 0.1) is 0 Å². The first-order valence-electron chi connectivity index (χ1n) is 15.9. The molecule has 5 aliphatic rings. The van der Waals surface area contributed by atoms with E-state index >= 15 is 0 Å². The number of unbranched alkanes of at least 4 members (excludes halogenated alkanes) is 1. The van der Waals surface area contributed by atoms with E-state index in [0.29, 0.717) is 39.9 Å². The SMILES string of the molecule is C=C(C)[C@@H]1CC[C@]2(NCCCCC(=O)O)CC[C@]3(C)C(CCC4[C@@]5(C)CCCC(C)(C)C5CC[C@]43C)C12. The largest absolute Gasteiger partial charge is 0.481 e. The van der Waals surface area contributed by atoms with Gasteiger partial charge in [-0.25, -0.2) is 0 Å². The van der Waals surface area contributed by atoms with Crippen LogP contribution < -0.4 is 5.32 Å². The van der Waals surface area contributed by atoms with Crippen LogP contribution in [0.2, 0.25) is 0 Å². The Morgan fingerprint density at radius 2 is 1.62 bits per heavy atom. The van der Waals surface area contributed by atoms with Gasteiger partial charge >= 0.3 is 5.97 Å². The van der Waals surface area contributed by atoms with Crippen molar-refractivity contribution in [3.63, 3.8) is 0 Å². The van der Waals surface area contributed by atoms with Gasteiger partial charge in [0, 0.05) is 12.0 Å². The third-order valence-corrected chi connectivity index (χ3v) is 14.1. The summed E-state index contributed by atoms with van der Waals surface area (Å²) < 4.78 is 0. The highest BCUT2D eigenvalue weighted by molar-refractivity contribution is 5.66. The lowest BCUT2D eigenvalue weighted by Crippen LogP contribution is -2.68. The van der Waals surface area contributed by atoms with Crippen LogP contribution in [0.5, 0.6) is 0 Å². The molecule has 0 aromatic heterocycles. The fourth-order valence-corrected chi connectivity index (χ4v) is 12.3. The Kier molecular flexibility index (Phi) is 7.03. The summed E-state index contributed by atoms with van der Waals surface area (Å²) in [4.78, 5) is 11.0. The maximum Gasteiger partial charge on any atom is 0.303 e. The van der Waals surface area contributed by atoms with Gasteiger partial charge in [0.1, 0.15) is 0 Å². The average Bonchev–Trinajstić information content (AvgIpc) is 3.18. The molecule has 0 radical (unpaired) electrons. The van der Waals surface area contributed by atoms with E-state index in [1.807, 2.05) is 0 Å². The van der Waals surface area contributed by atoms with Gasteiger partial charge in [0.15, 0.2) is 0 Å². The fraction of sp³-hybridized carbons (Fsp3) is 0.912. The number of carbonyl (C=O) groups is 1. The number of carboxylic acids is 1. The van der Waals surface area contributed by atoms with Gasteiger partial charge in [0.25, 0.3) is 0 Å². The van der Waals surface area contributed by atoms with E-state index < -0.39 is 5.97 Å². The minimum Gasteiger partial charge on any atom is -0.481 e. The molecule has 5 fully saturated rings. The molecule has 3 nitrogen and oxygen atoms in total. The lowest BCUT2D eigenvalue weighted by molar-refractivity contribution is -0.231. The molecule has 0 heterocycles. The van der Waals surface area contributed by atoms with Crippen LogP contribution in [0.3, 0.4) is 0 Å². The van der Waals surface area contributed by atoms with Crippen molar-refractivity contribution in [2.24, 2.45) is 51.2 Å². The van der Waals surface area contributed by atoms with Crippen LogP contribution in [0, 0.1) is 51.2 Å². The Balaban J connectivity index is 1.43. The Labute approximate surface area is 228 Å². The lowest BCUT2D eigenvalue weighted by Gasteiger charge is -2.72. The quantitative estimate of drug-likeness (QED) is 0.266. The van der Waals surface area contributed by atoms with Gasteiger partial charge in [-0.3, -0.25) is 4.79 Å². The van der Waals surface area contributed by atoms with Crippen molar-refractivity contribution in [1.82, 2.24) is 5.32 Å². The Hall–Kier alpha value is -0.830. The van der Waals surface area contributed by atoms with Crippen molar-refractivity contribution < 1.29 is 9.90 Å². The van der Waals surface area contributed by atoms with E-state index in [2.05, 4.69) is 53.4 Å². The molecule has 3 heteroatoms. The number of allylic oxidation sites excluding steroid dienone is 1. The second kappa shape index (κ2) is 9.38. The van der Waals surface area contributed by atoms with Crippen molar-refractivity contribution in [2.75, 3.05) is 6.54 Å². The molecule has 5 aliphatic carbocycles. The Morgan fingerprint density at radius 1 is 0.865 bits per heavy atom. The monoisotopic (exact) mass is 511 g/mol. The number of hydrogen-bond acceptors (Lipinski definition) is 2. The minimum atomic E-state index is -0.664. The zero-order valence-electron chi connectivity index (χ0n) is 25.1. The number of carboxylic acid groups (broad SMARTS) is 1. The maximum absolute atomic E-state index is 11.0. The van der Waals surface area contributed by atoms with Gasteiger partial charge in [0.2, 0.25) is 0 Å². The van der Waals surface area contributed by atoms with Crippen molar-refractivity contribution in [2.45, 2.75) is 137 Å². The molecule has 210 valence electrons. The number of rotatable bonds is 7. The second-order valence-electron chi connectivity index (χ2n) is 16.0. The van der Waals surface area contributed by atoms with Crippen molar-refractivity contribution in [3.8, 4) is 0 Å². The van der Waals surface area contributed by atoms with Gasteiger partial charge in [-0.15, -0.1) is 0 Å². The Morgan fingerprint density at radius 3 is 2.32 bits per heavy atom. The van der Waals surface area contributed by atoms with Crippen LogP contribution in [0.1, 0.15) is 131 Å². The molecule has 37 heavy (non-hydrogen) atoms. The highest BCUT2D eigenvalue weighted by atomic mass is 16.4. The van der Waals surface area contributed by atoms with E-state index in [1.54, 1.807) is 0 Å². The van der Waals surface area contributed by atoms with Crippen LogP contribution in [0.4, 0.5) is 0 Å². The standard InChI is InChI=1S/C34H57NO2/c1-23(2)24-14-19-34(35-22-9-8-11-28(36)37)21-20-32(6)25(29(24)34)12-13-27-31(5)17-10-16-30(3,4)26(31)15-18-33(27,32)7/h24-27,29,35H,1,8-22H2,2-7H3,(H,36,37)/t24-,25?,26?,27?,29?,31-,32+,33+,34-/m0/s1. The molecular weight excluding hydrogens is 454 g/mol. The normalized spacial score (nSPS) is 48.3. The van der Waals surface area contributed by atoms with Gasteiger partial charge in [-0.2, -0.15) is 0 Å². The first-order chi connectivity index (χ1) is 17.3. The van der Waals surface area contributed by atoms with Crippen LogP contribution >= 0.6 is 0 Å². The summed E-state index contributed by atoms with van der Waals surface area (Å²) in [6, 6.07) is 0. The molecule has 9 atom stereocenters. The molecule has 0 spiro atoms.